The van der Waals surface area contributed by atoms with Crippen LogP contribution in [0, 0.1) is 0 Å². The van der Waals surface area contributed by atoms with Crippen molar-refractivity contribution in [3.63, 3.8) is 0 Å². The quantitative estimate of drug-likeness (QED) is 0.168. The Hall–Kier alpha value is -4.37. The van der Waals surface area contributed by atoms with Crippen molar-refractivity contribution in [1.82, 2.24) is 4.98 Å². The van der Waals surface area contributed by atoms with Gasteiger partial charge in [-0.2, -0.15) is 0 Å². The number of anilines is 1. The Kier molecular flexibility index (Phi) is 7.26. The number of aryl methyl sites for hydroxylation is 1. The number of ether oxygens (including phenoxy) is 3. The van der Waals surface area contributed by atoms with Crippen LogP contribution in [-0.4, -0.2) is 42.6 Å². The minimum absolute atomic E-state index is 0.0371. The molecule has 0 unspecified atom stereocenters. The number of ketones is 1. The molecule has 0 bridgehead atoms. The minimum atomic E-state index is -0.942. The number of rotatable bonds is 8. The molecule has 4 aromatic rings. The Bertz CT molecular complexity index is 1590. The maximum absolute atomic E-state index is 13.6. The van der Waals surface area contributed by atoms with E-state index in [4.69, 9.17) is 19.2 Å². The molecule has 1 N–H and O–H groups in total. The number of Topliss-reactive ketones (excluding diaryl/α,β-unsaturated/α-hetero) is 1. The topological polar surface area (TPSA) is 98.2 Å². The van der Waals surface area contributed by atoms with Crippen molar-refractivity contribution in [3.05, 3.63) is 82.9 Å². The summed E-state index contributed by atoms with van der Waals surface area (Å²) in [6, 6.07) is 16.9. The van der Waals surface area contributed by atoms with E-state index in [9.17, 15) is 14.7 Å². The number of amides is 1. The van der Waals surface area contributed by atoms with Crippen LogP contribution in [-0.2, 0) is 16.0 Å². The lowest BCUT2D eigenvalue weighted by Crippen LogP contribution is -2.29. The van der Waals surface area contributed by atoms with Crippen molar-refractivity contribution >= 4 is 44.1 Å². The molecule has 200 valence electrons. The molecule has 1 fully saturated rings. The summed E-state index contributed by atoms with van der Waals surface area (Å²) in [4.78, 5) is 33.2. The monoisotopic (exact) mass is 544 g/mol. The fourth-order valence-electron chi connectivity index (χ4n) is 4.68. The Morgan fingerprint density at radius 2 is 1.72 bits per heavy atom. The molecule has 1 aliphatic heterocycles. The van der Waals surface area contributed by atoms with E-state index in [2.05, 4.69) is 6.92 Å². The molecule has 9 heteroatoms. The van der Waals surface area contributed by atoms with Gasteiger partial charge in [-0.15, -0.1) is 0 Å². The van der Waals surface area contributed by atoms with E-state index < -0.39 is 17.7 Å². The average molecular weight is 545 g/mol. The Morgan fingerprint density at radius 1 is 0.974 bits per heavy atom. The van der Waals surface area contributed by atoms with Gasteiger partial charge in [0.25, 0.3) is 5.78 Å². The van der Waals surface area contributed by atoms with E-state index in [0.717, 1.165) is 22.2 Å². The number of carbonyl (C=O) groups is 2. The first-order valence-electron chi connectivity index (χ1n) is 12.6. The maximum Gasteiger partial charge on any atom is 0.301 e. The van der Waals surface area contributed by atoms with Crippen LogP contribution in [0.4, 0.5) is 5.13 Å². The molecule has 1 atom stereocenters. The molecule has 0 saturated carbocycles. The van der Waals surface area contributed by atoms with E-state index in [1.54, 1.807) is 42.5 Å². The third kappa shape index (κ3) is 4.70. The number of fused-ring (bicyclic) bond motifs is 1. The highest BCUT2D eigenvalue weighted by Crippen LogP contribution is 2.46. The fourth-order valence-corrected chi connectivity index (χ4v) is 5.74. The van der Waals surface area contributed by atoms with Gasteiger partial charge in [0.05, 0.1) is 42.7 Å². The van der Waals surface area contributed by atoms with Crippen molar-refractivity contribution in [2.75, 3.05) is 25.7 Å². The number of aliphatic hydroxyl groups is 1. The lowest BCUT2D eigenvalue weighted by molar-refractivity contribution is -0.132. The Balaban J connectivity index is 1.70. The number of hydrogen-bond acceptors (Lipinski definition) is 8. The molecule has 1 aliphatic rings. The molecule has 0 aliphatic carbocycles. The highest BCUT2D eigenvalue weighted by molar-refractivity contribution is 7.22. The van der Waals surface area contributed by atoms with Gasteiger partial charge in [0.2, 0.25) is 0 Å². The summed E-state index contributed by atoms with van der Waals surface area (Å²) in [5.74, 6) is -0.290. The van der Waals surface area contributed by atoms with Gasteiger partial charge in [0.1, 0.15) is 11.5 Å². The molecule has 8 nitrogen and oxygen atoms in total. The van der Waals surface area contributed by atoms with Gasteiger partial charge >= 0.3 is 5.91 Å². The van der Waals surface area contributed by atoms with Gasteiger partial charge in [-0.05, 0) is 73.0 Å². The fraction of sp³-hybridized carbons (Fsp3) is 0.233. The van der Waals surface area contributed by atoms with Crippen LogP contribution in [0.5, 0.6) is 17.2 Å². The molecule has 3 aromatic carbocycles. The molecule has 0 radical (unpaired) electrons. The largest absolute Gasteiger partial charge is 0.507 e. The zero-order valence-corrected chi connectivity index (χ0v) is 22.9. The smallest absolute Gasteiger partial charge is 0.301 e. The van der Waals surface area contributed by atoms with Gasteiger partial charge in [-0.25, -0.2) is 4.98 Å². The number of benzene rings is 3. The summed E-state index contributed by atoms with van der Waals surface area (Å²) in [5.41, 5.74) is 2.79. The molecular weight excluding hydrogens is 516 g/mol. The van der Waals surface area contributed by atoms with Crippen LogP contribution in [0.1, 0.15) is 36.6 Å². The lowest BCUT2D eigenvalue weighted by Gasteiger charge is -2.23. The van der Waals surface area contributed by atoms with Gasteiger partial charge in [-0.3, -0.25) is 14.5 Å². The molecule has 2 heterocycles. The van der Waals surface area contributed by atoms with Crippen molar-refractivity contribution in [1.29, 1.82) is 0 Å². The SMILES string of the molecule is CCOc1ccc(C(O)=C2C(=O)C(=O)N(c3nc4ccc(CC)cc4s3)[C@H]2c2ccc(OC)c(OC)c2)cc1. The maximum atomic E-state index is 13.6. The third-order valence-corrected chi connectivity index (χ3v) is 7.68. The van der Waals surface area contributed by atoms with Crippen molar-refractivity contribution in [3.8, 4) is 17.2 Å². The van der Waals surface area contributed by atoms with Gasteiger partial charge in [0, 0.05) is 5.56 Å². The van der Waals surface area contributed by atoms with E-state index in [0.29, 0.717) is 40.1 Å². The zero-order chi connectivity index (χ0) is 27.7. The predicted octanol–water partition coefficient (Wildman–Crippen LogP) is 5.90. The second-order valence-electron chi connectivity index (χ2n) is 8.89. The van der Waals surface area contributed by atoms with Crippen LogP contribution in [0.25, 0.3) is 16.0 Å². The number of methoxy groups -OCH3 is 2. The molecule has 1 saturated heterocycles. The van der Waals surface area contributed by atoms with E-state index in [1.807, 2.05) is 25.1 Å². The summed E-state index contributed by atoms with van der Waals surface area (Å²) in [5, 5.41) is 11.8. The summed E-state index contributed by atoms with van der Waals surface area (Å²) in [7, 11) is 3.04. The first-order chi connectivity index (χ1) is 18.9. The van der Waals surface area contributed by atoms with Crippen LogP contribution in [0.15, 0.2) is 66.2 Å². The van der Waals surface area contributed by atoms with Crippen molar-refractivity contribution < 1.29 is 28.9 Å². The van der Waals surface area contributed by atoms with Crippen LogP contribution >= 0.6 is 11.3 Å². The number of hydrogen-bond donors (Lipinski definition) is 1. The van der Waals surface area contributed by atoms with Gasteiger partial charge < -0.3 is 19.3 Å². The lowest BCUT2D eigenvalue weighted by atomic mass is 9.95. The normalized spacial score (nSPS) is 16.6. The van der Waals surface area contributed by atoms with Crippen molar-refractivity contribution in [2.45, 2.75) is 26.3 Å². The first kappa shape index (κ1) is 26.2. The average Bonchev–Trinajstić information content (AvgIpc) is 3.50. The van der Waals surface area contributed by atoms with E-state index >= 15 is 0 Å². The Labute approximate surface area is 230 Å². The van der Waals surface area contributed by atoms with E-state index in [1.165, 1.54) is 30.5 Å². The Morgan fingerprint density at radius 3 is 2.38 bits per heavy atom. The zero-order valence-electron chi connectivity index (χ0n) is 22.1. The first-order valence-corrected chi connectivity index (χ1v) is 13.4. The second kappa shape index (κ2) is 10.8. The number of carbonyl (C=O) groups excluding carboxylic acids is 2. The number of nitrogens with zero attached hydrogens (tertiary/aromatic N) is 2. The standard InChI is InChI=1S/C30H28N2O6S/c1-5-17-7-13-21-24(15-17)39-30(31-21)32-26(19-10-14-22(36-3)23(16-19)37-4)25(28(34)29(32)35)27(33)18-8-11-20(12-9-18)38-6-2/h7-16,26,33H,5-6H2,1-4H3/t26-/m0/s1. The molecule has 0 spiro atoms. The van der Waals surface area contributed by atoms with Gasteiger partial charge in [-0.1, -0.05) is 30.4 Å². The van der Waals surface area contributed by atoms with Crippen LogP contribution in [0.3, 0.4) is 0 Å². The van der Waals surface area contributed by atoms with Crippen LogP contribution in [0.2, 0.25) is 0 Å². The third-order valence-electron chi connectivity index (χ3n) is 6.66. The summed E-state index contributed by atoms with van der Waals surface area (Å²) < 4.78 is 17.3. The molecule has 1 aromatic heterocycles. The molecular formula is C30H28N2O6S. The van der Waals surface area contributed by atoms with E-state index in [-0.39, 0.29) is 11.3 Å². The second-order valence-corrected chi connectivity index (χ2v) is 9.90. The van der Waals surface area contributed by atoms with Crippen molar-refractivity contribution in [2.24, 2.45) is 0 Å². The molecule has 39 heavy (non-hydrogen) atoms. The number of aromatic nitrogens is 1. The summed E-state index contributed by atoms with van der Waals surface area (Å²) in [6.45, 7) is 4.45. The molecule has 1 amide bonds. The molecule has 5 rings (SSSR count). The van der Waals surface area contributed by atoms with Gasteiger partial charge in [0.15, 0.2) is 16.6 Å². The summed E-state index contributed by atoms with van der Waals surface area (Å²) in [6.07, 6.45) is 0.863. The summed E-state index contributed by atoms with van der Waals surface area (Å²) >= 11 is 1.33. The minimum Gasteiger partial charge on any atom is -0.507 e. The highest BCUT2D eigenvalue weighted by Gasteiger charge is 2.48. The number of aliphatic hydroxyl groups excluding tert-OH is 1. The number of thiazole rings is 1. The highest BCUT2D eigenvalue weighted by atomic mass is 32.1. The predicted molar refractivity (Wildman–Crippen MR) is 151 cm³/mol. The van der Waals surface area contributed by atoms with Crippen LogP contribution < -0.4 is 19.1 Å².